The van der Waals surface area contributed by atoms with Crippen LogP contribution in [-0.2, 0) is 14.4 Å². The monoisotopic (exact) mass is 539 g/mol. The lowest BCUT2D eigenvalue weighted by Crippen LogP contribution is -2.41. The molecule has 4 atom stereocenters. The Morgan fingerprint density at radius 2 is 1.36 bits per heavy atom. The van der Waals surface area contributed by atoms with Crippen molar-refractivity contribution < 1.29 is 14.4 Å². The van der Waals surface area contributed by atoms with Crippen molar-refractivity contribution in [1.82, 2.24) is 0 Å². The summed E-state index contributed by atoms with van der Waals surface area (Å²) in [5.41, 5.74) is 2.09. The van der Waals surface area contributed by atoms with Gasteiger partial charge in [0.25, 0.3) is 0 Å². The number of imide groups is 1. The second-order valence-electron chi connectivity index (χ2n) is 10.2. The van der Waals surface area contributed by atoms with Gasteiger partial charge in [-0.1, -0.05) is 96.0 Å². The maximum Gasteiger partial charge on any atom is 0.239 e. The molecule has 0 radical (unpaired) electrons. The van der Waals surface area contributed by atoms with Crippen LogP contribution in [0.15, 0.2) is 89.4 Å². The standard InChI is InChI=1S/C31H26BrNO3/c1-3-17-31-24(20-13-8-5-9-14-20)23(19-11-6-4-7-12-19)30(2,29(31)36)25-26(31)28(35)33(27(25)34)22-16-10-15-21(32)18-22/h4-16,18,25-26H,3,17H2,1-2H3. The molecule has 1 heterocycles. The lowest BCUT2D eigenvalue weighted by atomic mass is 9.61. The number of benzene rings is 3. The Kier molecular flexibility index (Phi) is 5.20. The SMILES string of the molecule is CCCC12C(=O)C(C)(C(c3ccccc3)=C1c1ccccc1)C1C(=O)N(c3cccc(Br)c3)C(=O)C12. The number of fused-ring (bicyclic) bond motifs is 5. The molecule has 2 fully saturated rings. The summed E-state index contributed by atoms with van der Waals surface area (Å²) in [6.45, 7) is 3.95. The molecule has 0 spiro atoms. The van der Waals surface area contributed by atoms with Crippen LogP contribution >= 0.6 is 15.9 Å². The highest BCUT2D eigenvalue weighted by Crippen LogP contribution is 2.75. The number of hydrogen-bond acceptors (Lipinski definition) is 3. The number of rotatable bonds is 5. The van der Waals surface area contributed by atoms with E-state index in [4.69, 9.17) is 0 Å². The van der Waals surface area contributed by atoms with Crippen LogP contribution in [0.2, 0.25) is 0 Å². The average molecular weight is 540 g/mol. The van der Waals surface area contributed by atoms with Crippen molar-refractivity contribution in [2.45, 2.75) is 26.7 Å². The van der Waals surface area contributed by atoms with Gasteiger partial charge in [0.05, 0.1) is 28.4 Å². The number of halogens is 1. The number of ketones is 1. The molecule has 6 rings (SSSR count). The minimum atomic E-state index is -1.10. The molecular formula is C31H26BrNO3. The third kappa shape index (κ3) is 2.78. The third-order valence-electron chi connectivity index (χ3n) is 8.39. The van der Waals surface area contributed by atoms with Crippen molar-refractivity contribution in [3.8, 4) is 0 Å². The van der Waals surface area contributed by atoms with E-state index < -0.39 is 22.7 Å². The van der Waals surface area contributed by atoms with Gasteiger partial charge in [-0.2, -0.15) is 0 Å². The summed E-state index contributed by atoms with van der Waals surface area (Å²) >= 11 is 3.47. The molecule has 1 saturated carbocycles. The van der Waals surface area contributed by atoms with Gasteiger partial charge < -0.3 is 0 Å². The van der Waals surface area contributed by atoms with Gasteiger partial charge in [-0.15, -0.1) is 0 Å². The first-order chi connectivity index (χ1) is 17.4. The number of nitrogens with zero attached hydrogens (tertiary/aromatic N) is 1. The van der Waals surface area contributed by atoms with Gasteiger partial charge in [0.15, 0.2) is 5.78 Å². The van der Waals surface area contributed by atoms with Crippen molar-refractivity contribution in [2.75, 3.05) is 4.90 Å². The molecule has 36 heavy (non-hydrogen) atoms. The molecule has 2 amide bonds. The molecule has 3 aromatic carbocycles. The van der Waals surface area contributed by atoms with Crippen molar-refractivity contribution in [3.05, 3.63) is 101 Å². The summed E-state index contributed by atoms with van der Waals surface area (Å²) in [4.78, 5) is 44.3. The molecule has 4 nitrogen and oxygen atoms in total. The van der Waals surface area contributed by atoms with E-state index in [1.54, 1.807) is 12.1 Å². The molecule has 5 heteroatoms. The number of anilines is 1. The van der Waals surface area contributed by atoms with Gasteiger partial charge in [-0.25, -0.2) is 4.90 Å². The van der Waals surface area contributed by atoms with Gasteiger partial charge in [0.2, 0.25) is 11.8 Å². The summed E-state index contributed by atoms with van der Waals surface area (Å²) in [5.74, 6) is -1.98. The van der Waals surface area contributed by atoms with Crippen LogP contribution in [0, 0.1) is 22.7 Å². The van der Waals surface area contributed by atoms with Crippen LogP contribution in [0.3, 0.4) is 0 Å². The molecule has 3 aliphatic rings. The highest BCUT2D eigenvalue weighted by atomic mass is 79.9. The highest BCUT2D eigenvalue weighted by Gasteiger charge is 2.80. The van der Waals surface area contributed by atoms with E-state index in [9.17, 15) is 14.4 Å². The fraction of sp³-hybridized carbons (Fsp3) is 0.258. The van der Waals surface area contributed by atoms with Crippen molar-refractivity contribution in [1.29, 1.82) is 0 Å². The molecule has 0 N–H and O–H groups in total. The number of amides is 2. The van der Waals surface area contributed by atoms with Crippen LogP contribution in [0.25, 0.3) is 11.1 Å². The predicted molar refractivity (Wildman–Crippen MR) is 144 cm³/mol. The second-order valence-corrected chi connectivity index (χ2v) is 11.1. The van der Waals surface area contributed by atoms with E-state index in [0.29, 0.717) is 12.1 Å². The topological polar surface area (TPSA) is 54.5 Å². The van der Waals surface area contributed by atoms with Crippen molar-refractivity contribution in [3.63, 3.8) is 0 Å². The summed E-state index contributed by atoms with van der Waals surface area (Å²) in [5, 5.41) is 0. The zero-order chi connectivity index (χ0) is 25.2. The Balaban J connectivity index is 1.66. The second kappa shape index (κ2) is 8.10. The van der Waals surface area contributed by atoms with Crippen LogP contribution in [0.1, 0.15) is 37.8 Å². The molecule has 1 saturated heterocycles. The minimum absolute atomic E-state index is 0.0140. The Bertz CT molecular complexity index is 1450. The molecule has 4 unspecified atom stereocenters. The summed E-state index contributed by atoms with van der Waals surface area (Å²) in [6.07, 6.45) is 1.25. The Morgan fingerprint density at radius 1 is 0.778 bits per heavy atom. The molecule has 1 aliphatic heterocycles. The Morgan fingerprint density at radius 3 is 1.94 bits per heavy atom. The van der Waals surface area contributed by atoms with Gasteiger partial charge in [-0.3, -0.25) is 14.4 Å². The molecule has 0 aromatic heterocycles. The largest absolute Gasteiger partial charge is 0.298 e. The minimum Gasteiger partial charge on any atom is -0.298 e. The number of carbonyl (C=O) groups is 3. The lowest BCUT2D eigenvalue weighted by molar-refractivity contribution is -0.134. The quantitative estimate of drug-likeness (QED) is 0.345. The van der Waals surface area contributed by atoms with E-state index in [1.807, 2.05) is 86.6 Å². The number of Topliss-reactive ketones (excluding diaryl/α,β-unsaturated/α-hetero) is 1. The van der Waals surface area contributed by atoms with Crippen LogP contribution < -0.4 is 4.90 Å². The maximum absolute atomic E-state index is 14.6. The highest BCUT2D eigenvalue weighted by molar-refractivity contribution is 9.10. The van der Waals surface area contributed by atoms with Crippen LogP contribution in [-0.4, -0.2) is 17.6 Å². The van der Waals surface area contributed by atoms with E-state index >= 15 is 0 Å². The Hall–Kier alpha value is -3.31. The van der Waals surface area contributed by atoms with Crippen LogP contribution in [0.4, 0.5) is 5.69 Å². The molecular weight excluding hydrogens is 514 g/mol. The van der Waals surface area contributed by atoms with Crippen molar-refractivity contribution in [2.24, 2.45) is 22.7 Å². The average Bonchev–Trinajstić information content (AvgIpc) is 3.35. The van der Waals surface area contributed by atoms with Gasteiger partial charge >= 0.3 is 0 Å². The van der Waals surface area contributed by atoms with Crippen molar-refractivity contribution >= 4 is 50.4 Å². The zero-order valence-corrected chi connectivity index (χ0v) is 21.8. The maximum atomic E-state index is 14.6. The fourth-order valence-electron chi connectivity index (χ4n) is 7.23. The summed E-state index contributed by atoms with van der Waals surface area (Å²) in [7, 11) is 0. The lowest BCUT2D eigenvalue weighted by Gasteiger charge is -2.37. The Labute approximate surface area is 219 Å². The van der Waals surface area contributed by atoms with E-state index in [1.165, 1.54) is 4.90 Å². The zero-order valence-electron chi connectivity index (χ0n) is 20.2. The fourth-order valence-corrected chi connectivity index (χ4v) is 7.62. The van der Waals surface area contributed by atoms with Gasteiger partial charge in [0, 0.05) is 4.47 Å². The number of allylic oxidation sites excluding steroid dienone is 2. The molecule has 2 bridgehead atoms. The van der Waals surface area contributed by atoms with Gasteiger partial charge in [-0.05, 0) is 53.8 Å². The third-order valence-corrected chi connectivity index (χ3v) is 8.88. The van der Waals surface area contributed by atoms with Crippen LogP contribution in [0.5, 0.6) is 0 Å². The van der Waals surface area contributed by atoms with E-state index in [0.717, 1.165) is 33.2 Å². The van der Waals surface area contributed by atoms with Gasteiger partial charge in [0.1, 0.15) is 0 Å². The first-order valence-corrected chi connectivity index (χ1v) is 13.2. The molecule has 3 aromatic rings. The normalized spacial score (nSPS) is 28.9. The number of hydrogen-bond donors (Lipinski definition) is 0. The smallest absolute Gasteiger partial charge is 0.239 e. The predicted octanol–water partition coefficient (Wildman–Crippen LogP) is 6.55. The summed E-state index contributed by atoms with van der Waals surface area (Å²) < 4.78 is 0.791. The molecule has 2 aliphatic carbocycles. The first kappa shape index (κ1) is 23.1. The summed E-state index contributed by atoms with van der Waals surface area (Å²) in [6, 6.07) is 27.1. The van der Waals surface area contributed by atoms with E-state index in [-0.39, 0.29) is 17.6 Å². The first-order valence-electron chi connectivity index (χ1n) is 12.4. The van der Waals surface area contributed by atoms with E-state index in [2.05, 4.69) is 15.9 Å². The molecule has 180 valence electrons. The number of carbonyl (C=O) groups excluding carboxylic acids is 3.